The van der Waals surface area contributed by atoms with Gasteiger partial charge in [0.1, 0.15) is 11.5 Å². The van der Waals surface area contributed by atoms with Crippen molar-refractivity contribution >= 4 is 29.2 Å². The van der Waals surface area contributed by atoms with Gasteiger partial charge in [0.15, 0.2) is 0 Å². The van der Waals surface area contributed by atoms with Gasteiger partial charge in [-0.05, 0) is 85.1 Å². The molecule has 0 saturated carbocycles. The number of alkyl halides is 3. The lowest BCUT2D eigenvalue weighted by molar-refractivity contribution is -0.141. The van der Waals surface area contributed by atoms with Gasteiger partial charge in [0, 0.05) is 23.8 Å². The minimum Gasteiger partial charge on any atom is -0.469 e. The molecule has 0 saturated heterocycles. The normalized spacial score (nSPS) is 11.9. The van der Waals surface area contributed by atoms with E-state index >= 15 is 0 Å². The molecule has 230 valence electrons. The van der Waals surface area contributed by atoms with Crippen LogP contribution in [0.1, 0.15) is 47.8 Å². The van der Waals surface area contributed by atoms with Crippen molar-refractivity contribution in [2.24, 2.45) is 0 Å². The third-order valence-corrected chi connectivity index (χ3v) is 7.34. The molecular formula is C34H32ClF3N2O4. The Morgan fingerprint density at radius 3 is 2.16 bits per heavy atom. The van der Waals surface area contributed by atoms with Crippen LogP contribution in [0.15, 0.2) is 91.0 Å². The fourth-order valence-corrected chi connectivity index (χ4v) is 4.94. The number of anilines is 1. The molecule has 0 aliphatic rings. The summed E-state index contributed by atoms with van der Waals surface area (Å²) in [5, 5.41) is 3.40. The Morgan fingerprint density at radius 1 is 0.864 bits per heavy atom. The van der Waals surface area contributed by atoms with Crippen molar-refractivity contribution in [2.75, 3.05) is 25.1 Å². The maximum atomic E-state index is 13.5. The van der Waals surface area contributed by atoms with Gasteiger partial charge < -0.3 is 19.7 Å². The van der Waals surface area contributed by atoms with E-state index in [0.29, 0.717) is 35.0 Å². The summed E-state index contributed by atoms with van der Waals surface area (Å²) >= 11 is 6.24. The molecule has 1 unspecified atom stereocenters. The van der Waals surface area contributed by atoms with Crippen LogP contribution in [0.4, 0.5) is 18.9 Å². The second kappa shape index (κ2) is 14.3. The lowest BCUT2D eigenvalue weighted by Crippen LogP contribution is -2.32. The summed E-state index contributed by atoms with van der Waals surface area (Å²) in [7, 11) is 1.29. The third kappa shape index (κ3) is 8.11. The van der Waals surface area contributed by atoms with Gasteiger partial charge in [0.05, 0.1) is 30.7 Å². The Balaban J connectivity index is 1.55. The first-order valence-electron chi connectivity index (χ1n) is 14.0. The molecule has 0 radical (unpaired) electrons. The maximum Gasteiger partial charge on any atom is 0.416 e. The predicted octanol–water partition coefficient (Wildman–Crippen LogP) is 8.70. The van der Waals surface area contributed by atoms with Crippen LogP contribution in [-0.4, -0.2) is 32.1 Å². The van der Waals surface area contributed by atoms with Crippen LogP contribution in [0.25, 0.3) is 11.1 Å². The largest absolute Gasteiger partial charge is 0.469 e. The van der Waals surface area contributed by atoms with Crippen molar-refractivity contribution < 1.29 is 32.2 Å². The zero-order valence-electron chi connectivity index (χ0n) is 24.5. The van der Waals surface area contributed by atoms with Gasteiger partial charge in [0.2, 0.25) is 0 Å². The molecule has 1 amide bonds. The summed E-state index contributed by atoms with van der Waals surface area (Å²) in [6.45, 7) is 5.39. The molecule has 0 bridgehead atoms. The molecule has 4 aromatic carbocycles. The quantitative estimate of drug-likeness (QED) is 0.169. The fraction of sp³-hybridized carbons (Fsp3) is 0.235. The zero-order valence-corrected chi connectivity index (χ0v) is 25.2. The first kappa shape index (κ1) is 32.4. The van der Waals surface area contributed by atoms with Crippen LogP contribution in [0, 0.1) is 0 Å². The van der Waals surface area contributed by atoms with Gasteiger partial charge in [0.25, 0.3) is 5.91 Å². The topological polar surface area (TPSA) is 67.9 Å². The molecular weight excluding hydrogens is 593 g/mol. The van der Waals surface area contributed by atoms with Crippen LogP contribution in [-0.2, 0) is 15.7 Å². The maximum absolute atomic E-state index is 13.5. The number of nitrogens with one attached hydrogen (secondary N) is 1. The lowest BCUT2D eigenvalue weighted by atomic mass is 9.98. The second-order valence-corrected chi connectivity index (χ2v) is 10.4. The number of amides is 1. The number of esters is 1. The number of hydrogen-bond acceptors (Lipinski definition) is 5. The van der Waals surface area contributed by atoms with Crippen molar-refractivity contribution in [3.8, 4) is 22.6 Å². The Labute approximate surface area is 259 Å². The number of carbonyl (C=O) groups excluding carboxylic acids is 2. The summed E-state index contributed by atoms with van der Waals surface area (Å²) in [5.41, 5.74) is 2.71. The van der Waals surface area contributed by atoms with Gasteiger partial charge in [-0.3, -0.25) is 9.59 Å². The van der Waals surface area contributed by atoms with E-state index in [0.717, 1.165) is 28.9 Å². The average molecular weight is 625 g/mol. The number of halogens is 4. The summed E-state index contributed by atoms with van der Waals surface area (Å²) in [4.78, 5) is 27.9. The standard InChI is InChI=1S/C34H32ClF3N2O4/c1-4-40(5-2)31-18-15-26(35)20-29(31)33(42)39-30(21-32(41)43-3)23-11-9-22(10-12-23)24-7-6-8-28(19-24)44-27-16-13-25(14-17-27)34(36,37)38/h6-20,30H,4-5,21H2,1-3H3,(H,39,42). The summed E-state index contributed by atoms with van der Waals surface area (Å²) in [6.07, 6.45) is -4.51. The molecule has 0 spiro atoms. The van der Waals surface area contributed by atoms with Crippen LogP contribution in [0.5, 0.6) is 11.5 Å². The van der Waals surface area contributed by atoms with E-state index in [4.69, 9.17) is 21.1 Å². The molecule has 1 atom stereocenters. The fourth-order valence-electron chi connectivity index (χ4n) is 4.76. The van der Waals surface area contributed by atoms with Gasteiger partial charge in [-0.25, -0.2) is 0 Å². The van der Waals surface area contributed by atoms with Gasteiger partial charge in [-0.15, -0.1) is 0 Å². The molecule has 6 nitrogen and oxygen atoms in total. The highest BCUT2D eigenvalue weighted by Gasteiger charge is 2.30. The number of nitrogens with zero attached hydrogens (tertiary/aromatic N) is 1. The van der Waals surface area contributed by atoms with Crippen LogP contribution in [0.2, 0.25) is 5.02 Å². The lowest BCUT2D eigenvalue weighted by Gasteiger charge is -2.25. The molecule has 4 aromatic rings. The summed E-state index contributed by atoms with van der Waals surface area (Å²) in [5.74, 6) is -0.133. The van der Waals surface area contributed by atoms with Crippen molar-refractivity contribution in [3.05, 3.63) is 113 Å². The van der Waals surface area contributed by atoms with E-state index in [1.54, 1.807) is 30.3 Å². The van der Waals surface area contributed by atoms with Crippen molar-refractivity contribution in [2.45, 2.75) is 32.5 Å². The number of rotatable bonds is 11. The molecule has 4 rings (SSSR count). The van der Waals surface area contributed by atoms with Crippen LogP contribution < -0.4 is 15.0 Å². The van der Waals surface area contributed by atoms with E-state index < -0.39 is 23.8 Å². The number of carbonyl (C=O) groups is 2. The molecule has 44 heavy (non-hydrogen) atoms. The molecule has 0 fully saturated rings. The number of methoxy groups -OCH3 is 1. The Kier molecular flexibility index (Phi) is 10.5. The first-order chi connectivity index (χ1) is 21.0. The SMILES string of the molecule is CCN(CC)c1ccc(Cl)cc1C(=O)NC(CC(=O)OC)c1ccc(-c2cccc(Oc3ccc(C(F)(F)F)cc3)c2)cc1. The van der Waals surface area contributed by atoms with Crippen molar-refractivity contribution in [3.63, 3.8) is 0 Å². The summed E-state index contributed by atoms with van der Waals surface area (Å²) in [6, 6.07) is 23.4. The van der Waals surface area contributed by atoms with Gasteiger partial charge >= 0.3 is 12.1 Å². The van der Waals surface area contributed by atoms with E-state index in [1.807, 2.05) is 55.1 Å². The number of ether oxygens (including phenoxy) is 2. The van der Waals surface area contributed by atoms with E-state index in [-0.39, 0.29) is 18.1 Å². The highest BCUT2D eigenvalue weighted by Crippen LogP contribution is 2.33. The minimum atomic E-state index is -4.42. The monoisotopic (exact) mass is 624 g/mol. The second-order valence-electron chi connectivity index (χ2n) is 9.91. The molecule has 1 N–H and O–H groups in total. The Morgan fingerprint density at radius 2 is 1.55 bits per heavy atom. The highest BCUT2D eigenvalue weighted by molar-refractivity contribution is 6.31. The highest BCUT2D eigenvalue weighted by atomic mass is 35.5. The minimum absolute atomic E-state index is 0.0841. The van der Waals surface area contributed by atoms with Crippen molar-refractivity contribution in [1.29, 1.82) is 0 Å². The molecule has 0 aromatic heterocycles. The van der Waals surface area contributed by atoms with Crippen LogP contribution >= 0.6 is 11.6 Å². The molecule has 0 aliphatic carbocycles. The smallest absolute Gasteiger partial charge is 0.416 e. The predicted molar refractivity (Wildman–Crippen MR) is 165 cm³/mol. The molecule has 0 heterocycles. The Hall–Kier alpha value is -4.50. The van der Waals surface area contributed by atoms with Crippen molar-refractivity contribution in [1.82, 2.24) is 5.32 Å². The van der Waals surface area contributed by atoms with E-state index in [2.05, 4.69) is 5.32 Å². The number of hydrogen-bond donors (Lipinski definition) is 1. The number of benzene rings is 4. The van der Waals surface area contributed by atoms with E-state index in [9.17, 15) is 22.8 Å². The van der Waals surface area contributed by atoms with E-state index in [1.165, 1.54) is 19.2 Å². The zero-order chi connectivity index (χ0) is 31.9. The molecule has 10 heteroatoms. The molecule has 0 aliphatic heterocycles. The first-order valence-corrected chi connectivity index (χ1v) is 14.4. The third-order valence-electron chi connectivity index (χ3n) is 7.11. The van der Waals surface area contributed by atoms with Crippen LogP contribution in [0.3, 0.4) is 0 Å². The van der Waals surface area contributed by atoms with Gasteiger partial charge in [-0.1, -0.05) is 48.0 Å². The average Bonchev–Trinajstić information content (AvgIpc) is 3.02. The Bertz CT molecular complexity index is 1590. The summed E-state index contributed by atoms with van der Waals surface area (Å²) < 4.78 is 49.3. The van der Waals surface area contributed by atoms with Gasteiger partial charge in [-0.2, -0.15) is 13.2 Å².